The van der Waals surface area contributed by atoms with E-state index in [1.54, 1.807) is 18.3 Å². The van der Waals surface area contributed by atoms with Gasteiger partial charge in [0.05, 0.1) is 23.3 Å². The highest BCUT2D eigenvalue weighted by Crippen LogP contribution is 2.34. The van der Waals surface area contributed by atoms with E-state index in [-0.39, 0.29) is 11.5 Å². The molecule has 0 aliphatic heterocycles. The third kappa shape index (κ3) is 3.25. The van der Waals surface area contributed by atoms with Crippen LogP contribution in [0.4, 0.5) is 5.69 Å². The number of rotatable bonds is 3. The van der Waals surface area contributed by atoms with Crippen LogP contribution in [0.25, 0.3) is 32.8 Å². The highest BCUT2D eigenvalue weighted by Gasteiger charge is 2.09. The topological polar surface area (TPSA) is 65.7 Å². The number of hydrogen-bond donors (Lipinski definition) is 2. The van der Waals surface area contributed by atoms with Crippen molar-refractivity contribution in [3.05, 3.63) is 96.7 Å². The van der Waals surface area contributed by atoms with E-state index in [2.05, 4.69) is 9.98 Å². The Kier molecular flexibility index (Phi) is 4.37. The monoisotopic (exact) mass is 390 g/mol. The third-order valence-electron chi connectivity index (χ3n) is 5.11. The van der Waals surface area contributed by atoms with Crippen LogP contribution in [0.5, 0.6) is 11.5 Å². The van der Waals surface area contributed by atoms with Gasteiger partial charge < -0.3 is 10.2 Å². The van der Waals surface area contributed by atoms with Gasteiger partial charge in [-0.1, -0.05) is 54.6 Å². The summed E-state index contributed by atoms with van der Waals surface area (Å²) in [6, 6.07) is 28.3. The lowest BCUT2D eigenvalue weighted by atomic mass is 10.0. The first-order valence-electron chi connectivity index (χ1n) is 9.63. The molecular weight excluding hydrogens is 372 g/mol. The van der Waals surface area contributed by atoms with Gasteiger partial charge in [0, 0.05) is 10.9 Å². The standard InChI is InChI=1S/C26H18N2O2/c29-24-13-4-9-17-8-3-12-23(26(17)24)27-16-20-10-5-11-22(28-20)21-14-18-6-1-2-7-19(18)15-25(21)30/h1-16,29-30H. The Morgan fingerprint density at radius 3 is 2.20 bits per heavy atom. The second-order valence-electron chi connectivity index (χ2n) is 7.07. The summed E-state index contributed by atoms with van der Waals surface area (Å²) in [6.07, 6.45) is 1.67. The van der Waals surface area contributed by atoms with Gasteiger partial charge in [-0.25, -0.2) is 4.98 Å². The van der Waals surface area contributed by atoms with E-state index < -0.39 is 0 Å². The first kappa shape index (κ1) is 17.9. The average molecular weight is 390 g/mol. The first-order chi connectivity index (χ1) is 14.7. The van der Waals surface area contributed by atoms with Crippen LogP contribution in [0.2, 0.25) is 0 Å². The van der Waals surface area contributed by atoms with E-state index in [0.717, 1.165) is 16.2 Å². The van der Waals surface area contributed by atoms with Gasteiger partial charge in [-0.15, -0.1) is 0 Å². The summed E-state index contributed by atoms with van der Waals surface area (Å²) < 4.78 is 0. The molecule has 144 valence electrons. The van der Waals surface area contributed by atoms with Crippen LogP contribution >= 0.6 is 0 Å². The molecule has 0 aliphatic rings. The fourth-order valence-electron chi connectivity index (χ4n) is 3.65. The van der Waals surface area contributed by atoms with Gasteiger partial charge in [0.15, 0.2) is 0 Å². The fourth-order valence-corrected chi connectivity index (χ4v) is 3.65. The van der Waals surface area contributed by atoms with Gasteiger partial charge in [0.2, 0.25) is 0 Å². The molecule has 0 fully saturated rings. The third-order valence-corrected chi connectivity index (χ3v) is 5.11. The molecule has 30 heavy (non-hydrogen) atoms. The van der Waals surface area contributed by atoms with Crippen LogP contribution in [0.15, 0.2) is 96.0 Å². The number of aliphatic imine (C=N–C) groups is 1. The zero-order chi connectivity index (χ0) is 20.5. The SMILES string of the molecule is Oc1cc2ccccc2cc1-c1cccc(C=Nc2cccc3cccc(O)c23)n1. The molecule has 0 amide bonds. The molecule has 0 radical (unpaired) electrons. The van der Waals surface area contributed by atoms with E-state index in [1.165, 1.54) is 0 Å². The maximum Gasteiger partial charge on any atom is 0.125 e. The molecule has 4 aromatic carbocycles. The maximum atomic E-state index is 10.5. The van der Waals surface area contributed by atoms with Gasteiger partial charge in [-0.05, 0) is 52.6 Å². The van der Waals surface area contributed by atoms with Crippen molar-refractivity contribution >= 4 is 33.4 Å². The molecule has 0 atom stereocenters. The molecule has 5 aromatic rings. The summed E-state index contributed by atoms with van der Waals surface area (Å²) in [5, 5.41) is 24.4. The second-order valence-corrected chi connectivity index (χ2v) is 7.07. The Labute approximate surface area is 173 Å². The first-order valence-corrected chi connectivity index (χ1v) is 9.63. The van der Waals surface area contributed by atoms with Crippen LogP contribution in [0.1, 0.15) is 5.69 Å². The number of pyridine rings is 1. The van der Waals surface area contributed by atoms with Gasteiger partial charge in [0.25, 0.3) is 0 Å². The molecular formula is C26H18N2O2. The molecule has 0 bridgehead atoms. The van der Waals surface area contributed by atoms with Crippen LogP contribution in [-0.2, 0) is 0 Å². The molecule has 5 rings (SSSR count). The summed E-state index contributed by atoms with van der Waals surface area (Å²) in [7, 11) is 0. The van der Waals surface area contributed by atoms with Crippen molar-refractivity contribution in [3.63, 3.8) is 0 Å². The molecule has 0 aliphatic carbocycles. The molecule has 1 heterocycles. The number of aromatic hydroxyl groups is 2. The van der Waals surface area contributed by atoms with Crippen molar-refractivity contribution in [2.45, 2.75) is 0 Å². The number of fused-ring (bicyclic) bond motifs is 2. The van der Waals surface area contributed by atoms with Crippen molar-refractivity contribution < 1.29 is 10.2 Å². The van der Waals surface area contributed by atoms with E-state index in [9.17, 15) is 10.2 Å². The van der Waals surface area contributed by atoms with E-state index in [0.29, 0.717) is 28.0 Å². The molecule has 4 heteroatoms. The van der Waals surface area contributed by atoms with Crippen LogP contribution in [0, 0.1) is 0 Å². The van der Waals surface area contributed by atoms with Crippen molar-refractivity contribution in [1.29, 1.82) is 0 Å². The number of benzene rings is 4. The molecule has 1 aromatic heterocycles. The van der Waals surface area contributed by atoms with Crippen LogP contribution < -0.4 is 0 Å². The summed E-state index contributed by atoms with van der Waals surface area (Å²) in [5.41, 5.74) is 2.67. The van der Waals surface area contributed by atoms with E-state index in [1.807, 2.05) is 78.9 Å². The summed E-state index contributed by atoms with van der Waals surface area (Å²) in [6.45, 7) is 0. The fraction of sp³-hybridized carbons (Fsp3) is 0. The summed E-state index contributed by atoms with van der Waals surface area (Å²) in [4.78, 5) is 9.22. The zero-order valence-corrected chi connectivity index (χ0v) is 16.0. The van der Waals surface area contributed by atoms with Crippen molar-refractivity contribution in [2.24, 2.45) is 4.99 Å². The summed E-state index contributed by atoms with van der Waals surface area (Å²) in [5.74, 6) is 0.386. The Bertz CT molecular complexity index is 1420. The number of phenols is 2. The minimum absolute atomic E-state index is 0.189. The highest BCUT2D eigenvalue weighted by molar-refractivity contribution is 5.99. The predicted molar refractivity (Wildman–Crippen MR) is 122 cm³/mol. The van der Waals surface area contributed by atoms with Gasteiger partial charge in [0.1, 0.15) is 11.5 Å². The number of hydrogen-bond acceptors (Lipinski definition) is 4. The average Bonchev–Trinajstić information content (AvgIpc) is 2.77. The van der Waals surface area contributed by atoms with Gasteiger partial charge >= 0.3 is 0 Å². The summed E-state index contributed by atoms with van der Waals surface area (Å²) >= 11 is 0. The molecule has 0 saturated carbocycles. The molecule has 0 saturated heterocycles. The number of phenolic OH excluding ortho intramolecular Hbond substituents is 2. The predicted octanol–water partition coefficient (Wildman–Crippen LogP) is 6.22. The highest BCUT2D eigenvalue weighted by atomic mass is 16.3. The lowest BCUT2D eigenvalue weighted by Crippen LogP contribution is -1.91. The maximum absolute atomic E-state index is 10.5. The Balaban J connectivity index is 1.55. The minimum Gasteiger partial charge on any atom is -0.507 e. The second kappa shape index (κ2) is 7.33. The van der Waals surface area contributed by atoms with Crippen molar-refractivity contribution in [3.8, 4) is 22.8 Å². The van der Waals surface area contributed by atoms with Crippen molar-refractivity contribution in [2.75, 3.05) is 0 Å². The number of aromatic nitrogens is 1. The van der Waals surface area contributed by atoms with E-state index >= 15 is 0 Å². The minimum atomic E-state index is 0.189. The molecule has 2 N–H and O–H groups in total. The Hall–Kier alpha value is -4.18. The molecule has 0 unspecified atom stereocenters. The van der Waals surface area contributed by atoms with Crippen molar-refractivity contribution in [1.82, 2.24) is 4.98 Å². The van der Waals surface area contributed by atoms with Gasteiger partial charge in [-0.3, -0.25) is 4.99 Å². The largest absolute Gasteiger partial charge is 0.507 e. The number of nitrogens with zero attached hydrogens (tertiary/aromatic N) is 2. The zero-order valence-electron chi connectivity index (χ0n) is 16.0. The smallest absolute Gasteiger partial charge is 0.125 e. The van der Waals surface area contributed by atoms with Gasteiger partial charge in [-0.2, -0.15) is 0 Å². The quantitative estimate of drug-likeness (QED) is 0.360. The Morgan fingerprint density at radius 1 is 0.667 bits per heavy atom. The van der Waals surface area contributed by atoms with Crippen LogP contribution in [0.3, 0.4) is 0 Å². The Morgan fingerprint density at radius 2 is 1.37 bits per heavy atom. The lowest BCUT2D eigenvalue weighted by molar-refractivity contribution is 0.478. The lowest BCUT2D eigenvalue weighted by Gasteiger charge is -2.07. The van der Waals surface area contributed by atoms with E-state index in [4.69, 9.17) is 0 Å². The molecule has 4 nitrogen and oxygen atoms in total. The molecule has 0 spiro atoms. The normalized spacial score (nSPS) is 11.5. The van der Waals surface area contributed by atoms with Crippen LogP contribution in [-0.4, -0.2) is 21.4 Å².